The number of fused-ring (bicyclic) bond motifs is 1. The van der Waals surface area contributed by atoms with Crippen molar-refractivity contribution in [2.75, 3.05) is 0 Å². The Morgan fingerprint density at radius 1 is 1.44 bits per heavy atom. The number of carbonyl (C=O) groups is 1. The Balaban J connectivity index is 2.53. The van der Waals surface area contributed by atoms with Crippen molar-refractivity contribution in [2.24, 2.45) is 0 Å². The molecule has 1 unspecified atom stereocenters. The van der Waals surface area contributed by atoms with Crippen molar-refractivity contribution in [3.8, 4) is 5.75 Å². The van der Waals surface area contributed by atoms with Crippen LogP contribution in [-0.2, 0) is 15.1 Å². The third-order valence-electron chi connectivity index (χ3n) is 3.34. The van der Waals surface area contributed by atoms with Crippen LogP contribution < -0.4 is 4.74 Å². The Kier molecular flexibility index (Phi) is 3.50. The molecule has 0 radical (unpaired) electrons. The first kappa shape index (κ1) is 13.2. The van der Waals surface area contributed by atoms with Gasteiger partial charge in [-0.05, 0) is 31.0 Å². The molecule has 0 saturated heterocycles. The van der Waals surface area contributed by atoms with Crippen LogP contribution in [0.15, 0.2) is 18.2 Å². The average molecular weight is 271 g/mol. The topological polar surface area (TPSA) is 55.8 Å². The molecule has 1 atom stereocenters. The van der Waals surface area contributed by atoms with Gasteiger partial charge in [-0.1, -0.05) is 25.4 Å². The molecule has 5 heteroatoms. The van der Waals surface area contributed by atoms with Crippen LogP contribution in [0, 0.1) is 0 Å². The molecule has 1 aliphatic rings. The summed E-state index contributed by atoms with van der Waals surface area (Å²) in [6.45, 7) is 3.91. The van der Waals surface area contributed by atoms with Gasteiger partial charge in [-0.15, -0.1) is 0 Å². The highest BCUT2D eigenvalue weighted by molar-refractivity contribution is 6.30. The lowest BCUT2D eigenvalue weighted by Gasteiger charge is -2.40. The van der Waals surface area contributed by atoms with Crippen LogP contribution in [0.3, 0.4) is 0 Å². The zero-order valence-corrected chi connectivity index (χ0v) is 11.0. The van der Waals surface area contributed by atoms with Gasteiger partial charge in [-0.25, -0.2) is 4.79 Å². The quantitative estimate of drug-likeness (QED) is 0.916. The van der Waals surface area contributed by atoms with Crippen LogP contribution >= 0.6 is 11.6 Å². The SMILES string of the molecule is CCC1(CC)OC(C(=O)O)Oc2ccc(Cl)cc21. The third-order valence-corrected chi connectivity index (χ3v) is 3.58. The largest absolute Gasteiger partial charge is 0.477 e. The van der Waals surface area contributed by atoms with Gasteiger partial charge >= 0.3 is 5.97 Å². The minimum atomic E-state index is -1.27. The molecule has 0 fully saturated rings. The zero-order chi connectivity index (χ0) is 13.3. The van der Waals surface area contributed by atoms with Gasteiger partial charge in [0.15, 0.2) is 0 Å². The van der Waals surface area contributed by atoms with Crippen LogP contribution in [0.5, 0.6) is 5.75 Å². The standard InChI is InChI=1S/C13H15ClO4/c1-3-13(4-2)9-7-8(14)5-6-10(9)17-12(18-13)11(15)16/h5-7,12H,3-4H2,1-2H3,(H,15,16). The van der Waals surface area contributed by atoms with Crippen molar-refractivity contribution in [2.45, 2.75) is 38.6 Å². The Hall–Kier alpha value is -1.26. The molecule has 1 aromatic rings. The predicted octanol–water partition coefficient (Wildman–Crippen LogP) is 3.18. The summed E-state index contributed by atoms with van der Waals surface area (Å²) in [6.07, 6.45) is 0.0482. The van der Waals surface area contributed by atoms with E-state index in [0.717, 1.165) is 5.56 Å². The van der Waals surface area contributed by atoms with Crippen molar-refractivity contribution in [1.29, 1.82) is 0 Å². The summed E-state index contributed by atoms with van der Waals surface area (Å²) in [5.74, 6) is -0.594. The summed E-state index contributed by atoms with van der Waals surface area (Å²) >= 11 is 5.99. The lowest BCUT2D eigenvalue weighted by molar-refractivity contribution is -0.216. The second-order valence-corrected chi connectivity index (χ2v) is 4.68. The van der Waals surface area contributed by atoms with Gasteiger partial charge in [-0.3, -0.25) is 0 Å². The van der Waals surface area contributed by atoms with E-state index in [1.807, 2.05) is 13.8 Å². The molecule has 0 saturated carbocycles. The molecule has 4 nitrogen and oxygen atoms in total. The van der Waals surface area contributed by atoms with Gasteiger partial charge in [0.05, 0.1) is 0 Å². The van der Waals surface area contributed by atoms with Crippen molar-refractivity contribution >= 4 is 17.6 Å². The van der Waals surface area contributed by atoms with Crippen LogP contribution in [0.4, 0.5) is 0 Å². The van der Waals surface area contributed by atoms with Gasteiger partial charge in [0.25, 0.3) is 6.29 Å². The van der Waals surface area contributed by atoms with Gasteiger partial charge < -0.3 is 14.6 Å². The molecule has 1 aliphatic heterocycles. The maximum Gasteiger partial charge on any atom is 0.373 e. The van der Waals surface area contributed by atoms with E-state index in [4.69, 9.17) is 26.2 Å². The molecule has 0 amide bonds. The van der Waals surface area contributed by atoms with E-state index in [1.165, 1.54) is 0 Å². The predicted molar refractivity (Wildman–Crippen MR) is 66.8 cm³/mol. The molecule has 0 aromatic heterocycles. The van der Waals surface area contributed by atoms with Gasteiger partial charge in [0.1, 0.15) is 11.4 Å². The third kappa shape index (κ3) is 2.06. The maximum atomic E-state index is 11.1. The minimum Gasteiger partial charge on any atom is -0.477 e. The number of hydrogen-bond donors (Lipinski definition) is 1. The molecule has 1 N–H and O–H groups in total. The monoisotopic (exact) mass is 270 g/mol. The van der Waals surface area contributed by atoms with Crippen molar-refractivity contribution in [3.05, 3.63) is 28.8 Å². The fourth-order valence-corrected chi connectivity index (χ4v) is 2.44. The molecule has 1 aromatic carbocycles. The molecule has 0 bridgehead atoms. The molecular formula is C13H15ClO4. The van der Waals surface area contributed by atoms with Gasteiger partial charge in [0, 0.05) is 10.6 Å². The lowest BCUT2D eigenvalue weighted by Crippen LogP contribution is -2.44. The number of benzene rings is 1. The number of carboxylic acid groups (broad SMARTS) is 1. The van der Waals surface area contributed by atoms with E-state index in [-0.39, 0.29) is 0 Å². The second kappa shape index (κ2) is 4.78. The van der Waals surface area contributed by atoms with E-state index in [2.05, 4.69) is 0 Å². The highest BCUT2D eigenvalue weighted by atomic mass is 35.5. The average Bonchev–Trinajstić information content (AvgIpc) is 2.37. The summed E-state index contributed by atoms with van der Waals surface area (Å²) in [4.78, 5) is 11.1. The summed E-state index contributed by atoms with van der Waals surface area (Å²) in [5.41, 5.74) is 0.166. The van der Waals surface area contributed by atoms with Crippen LogP contribution in [0.1, 0.15) is 32.3 Å². The number of rotatable bonds is 3. The van der Waals surface area contributed by atoms with Crippen molar-refractivity contribution < 1.29 is 19.4 Å². The summed E-state index contributed by atoms with van der Waals surface area (Å²) in [5, 5.41) is 9.65. The van der Waals surface area contributed by atoms with E-state index in [1.54, 1.807) is 18.2 Å². The van der Waals surface area contributed by atoms with Gasteiger partial charge in [-0.2, -0.15) is 0 Å². The van der Waals surface area contributed by atoms with Crippen LogP contribution in [0.25, 0.3) is 0 Å². The highest BCUT2D eigenvalue weighted by Gasteiger charge is 2.42. The molecule has 18 heavy (non-hydrogen) atoms. The lowest BCUT2D eigenvalue weighted by atomic mass is 9.86. The maximum absolute atomic E-state index is 11.1. The first-order valence-electron chi connectivity index (χ1n) is 5.89. The second-order valence-electron chi connectivity index (χ2n) is 4.25. The highest BCUT2D eigenvalue weighted by Crippen LogP contribution is 2.44. The number of hydrogen-bond acceptors (Lipinski definition) is 3. The molecule has 0 aliphatic carbocycles. The first-order chi connectivity index (χ1) is 8.52. The number of carboxylic acids is 1. The zero-order valence-electron chi connectivity index (χ0n) is 10.3. The Labute approximate surface area is 110 Å². The molecule has 2 rings (SSSR count). The first-order valence-corrected chi connectivity index (χ1v) is 6.27. The molecule has 1 heterocycles. The number of halogens is 1. The summed E-state index contributed by atoms with van der Waals surface area (Å²) in [7, 11) is 0. The fraction of sp³-hybridized carbons (Fsp3) is 0.462. The molecular weight excluding hydrogens is 256 g/mol. The van der Waals surface area contributed by atoms with E-state index < -0.39 is 17.9 Å². The van der Waals surface area contributed by atoms with Crippen LogP contribution in [0.2, 0.25) is 5.02 Å². The Morgan fingerprint density at radius 3 is 2.67 bits per heavy atom. The Morgan fingerprint density at radius 2 is 2.11 bits per heavy atom. The van der Waals surface area contributed by atoms with E-state index in [0.29, 0.717) is 23.6 Å². The van der Waals surface area contributed by atoms with Gasteiger partial charge in [0.2, 0.25) is 0 Å². The Bertz CT molecular complexity index is 468. The normalized spacial score (nSPS) is 20.9. The number of aliphatic carboxylic acids is 1. The minimum absolute atomic E-state index is 0.529. The summed E-state index contributed by atoms with van der Waals surface area (Å²) in [6, 6.07) is 5.15. The summed E-state index contributed by atoms with van der Waals surface area (Å²) < 4.78 is 11.0. The fourth-order valence-electron chi connectivity index (χ4n) is 2.27. The number of ether oxygens (including phenoxy) is 2. The molecule has 98 valence electrons. The molecule has 0 spiro atoms. The smallest absolute Gasteiger partial charge is 0.373 e. The van der Waals surface area contributed by atoms with Crippen LogP contribution in [-0.4, -0.2) is 17.4 Å². The van der Waals surface area contributed by atoms with Crippen molar-refractivity contribution in [3.63, 3.8) is 0 Å². The van der Waals surface area contributed by atoms with E-state index in [9.17, 15) is 4.79 Å². The van der Waals surface area contributed by atoms with E-state index >= 15 is 0 Å². The van der Waals surface area contributed by atoms with Crippen molar-refractivity contribution in [1.82, 2.24) is 0 Å².